The van der Waals surface area contributed by atoms with Crippen molar-refractivity contribution in [2.24, 2.45) is 5.73 Å². The molecule has 0 aromatic carbocycles. The third-order valence-corrected chi connectivity index (χ3v) is 4.30. The zero-order valence-electron chi connectivity index (χ0n) is 14.2. The lowest BCUT2D eigenvalue weighted by molar-refractivity contribution is 0.516. The Bertz CT molecular complexity index is 167. The normalized spacial score (nSPS) is 12.8. The topological polar surface area (TPSA) is 26.0 Å². The molecule has 0 aromatic heterocycles. The van der Waals surface area contributed by atoms with E-state index in [-0.39, 0.29) is 0 Å². The largest absolute Gasteiger partial charge is 0.328 e. The second-order valence-electron chi connectivity index (χ2n) is 6.43. The Hall–Kier alpha value is -0.0400. The van der Waals surface area contributed by atoms with Crippen LogP contribution < -0.4 is 5.73 Å². The fraction of sp³-hybridized carbons (Fsp3) is 0.947. The molecule has 0 amide bonds. The van der Waals surface area contributed by atoms with Crippen molar-refractivity contribution in [3.05, 3.63) is 6.92 Å². The van der Waals surface area contributed by atoms with Gasteiger partial charge in [0.25, 0.3) is 0 Å². The molecule has 20 heavy (non-hydrogen) atoms. The Balaban J connectivity index is 2.96. The van der Waals surface area contributed by atoms with Crippen LogP contribution in [0.5, 0.6) is 0 Å². The molecule has 1 nitrogen and oxygen atoms in total. The lowest BCUT2D eigenvalue weighted by atomic mass is 10.0. The van der Waals surface area contributed by atoms with Gasteiger partial charge in [0.1, 0.15) is 0 Å². The maximum absolute atomic E-state index is 5.86. The molecule has 0 aliphatic heterocycles. The van der Waals surface area contributed by atoms with E-state index in [1.54, 1.807) is 0 Å². The molecule has 0 rings (SSSR count). The molecule has 121 valence electrons. The molecule has 0 spiro atoms. The van der Waals surface area contributed by atoms with E-state index in [0.29, 0.717) is 6.04 Å². The quantitative estimate of drug-likeness (QED) is 0.325. The van der Waals surface area contributed by atoms with Gasteiger partial charge < -0.3 is 5.73 Å². The van der Waals surface area contributed by atoms with E-state index >= 15 is 0 Å². The van der Waals surface area contributed by atoms with Crippen molar-refractivity contribution >= 4 is 0 Å². The smallest absolute Gasteiger partial charge is 0.00388 e. The summed E-state index contributed by atoms with van der Waals surface area (Å²) in [5.41, 5.74) is 5.86. The summed E-state index contributed by atoms with van der Waals surface area (Å²) >= 11 is 0. The van der Waals surface area contributed by atoms with Crippen molar-refractivity contribution in [1.29, 1.82) is 0 Å². The van der Waals surface area contributed by atoms with Crippen molar-refractivity contribution in [1.82, 2.24) is 0 Å². The fourth-order valence-electron chi connectivity index (χ4n) is 2.75. The minimum atomic E-state index is 0.340. The standard InChI is InChI=1S/C19H40N/c1-3-5-6-7-8-9-10-11-12-13-14-15-16-17-18-19(20)4-2/h19H,2-18,20H2,1H3. The molecule has 0 heterocycles. The molecule has 0 bridgehead atoms. The van der Waals surface area contributed by atoms with E-state index in [4.69, 9.17) is 5.73 Å². The molecule has 0 saturated heterocycles. The molecule has 2 N–H and O–H groups in total. The van der Waals surface area contributed by atoms with Gasteiger partial charge in [-0.15, -0.1) is 0 Å². The summed E-state index contributed by atoms with van der Waals surface area (Å²) in [6, 6.07) is 0.340. The number of hydrogen-bond acceptors (Lipinski definition) is 1. The predicted octanol–water partition coefficient (Wildman–Crippen LogP) is 6.41. The Morgan fingerprint density at radius 1 is 0.650 bits per heavy atom. The first kappa shape index (κ1) is 20.0. The maximum atomic E-state index is 5.86. The van der Waals surface area contributed by atoms with Crippen molar-refractivity contribution in [3.63, 3.8) is 0 Å². The summed E-state index contributed by atoms with van der Waals surface area (Å²) in [5.74, 6) is 0. The van der Waals surface area contributed by atoms with Crippen LogP contribution in [0.4, 0.5) is 0 Å². The Kier molecular flexibility index (Phi) is 17.0. The van der Waals surface area contributed by atoms with Gasteiger partial charge in [0.15, 0.2) is 0 Å². The van der Waals surface area contributed by atoms with Crippen LogP contribution in [-0.2, 0) is 0 Å². The van der Waals surface area contributed by atoms with Gasteiger partial charge in [-0.05, 0) is 12.8 Å². The Labute approximate surface area is 129 Å². The zero-order valence-corrected chi connectivity index (χ0v) is 14.2. The number of nitrogens with two attached hydrogens (primary N) is 1. The lowest BCUT2D eigenvalue weighted by Crippen LogP contribution is -2.17. The minimum Gasteiger partial charge on any atom is -0.328 e. The highest BCUT2D eigenvalue weighted by molar-refractivity contribution is 4.62. The molecular formula is C19H40N. The van der Waals surface area contributed by atoms with E-state index in [2.05, 4.69) is 13.8 Å². The second kappa shape index (κ2) is 17.0. The van der Waals surface area contributed by atoms with Crippen LogP contribution in [0.25, 0.3) is 0 Å². The van der Waals surface area contributed by atoms with E-state index < -0.39 is 0 Å². The summed E-state index contributed by atoms with van der Waals surface area (Å²) in [4.78, 5) is 0. The first-order valence-corrected chi connectivity index (χ1v) is 9.36. The van der Waals surface area contributed by atoms with Gasteiger partial charge >= 0.3 is 0 Å². The third kappa shape index (κ3) is 16.0. The molecule has 0 aliphatic rings. The number of hydrogen-bond donors (Lipinski definition) is 1. The molecule has 0 saturated carbocycles. The van der Waals surface area contributed by atoms with Gasteiger partial charge in [-0.2, -0.15) is 0 Å². The lowest BCUT2D eigenvalue weighted by Gasteiger charge is -2.07. The van der Waals surface area contributed by atoms with Crippen LogP contribution in [-0.4, -0.2) is 6.04 Å². The molecule has 0 aromatic rings. The Morgan fingerprint density at radius 2 is 1.00 bits per heavy atom. The SMILES string of the molecule is [CH2]CC(N)CCCCCCCCCCCCCCCC. The molecular weight excluding hydrogens is 242 g/mol. The fourth-order valence-corrected chi connectivity index (χ4v) is 2.75. The van der Waals surface area contributed by atoms with Crippen molar-refractivity contribution < 1.29 is 0 Å². The first-order chi connectivity index (χ1) is 9.81. The van der Waals surface area contributed by atoms with Crippen molar-refractivity contribution in [2.75, 3.05) is 0 Å². The van der Waals surface area contributed by atoms with Crippen LogP contribution >= 0.6 is 0 Å². The van der Waals surface area contributed by atoms with E-state index in [9.17, 15) is 0 Å². The third-order valence-electron chi connectivity index (χ3n) is 4.30. The van der Waals surface area contributed by atoms with Gasteiger partial charge in [-0.3, -0.25) is 0 Å². The van der Waals surface area contributed by atoms with E-state index in [1.807, 2.05) is 0 Å². The van der Waals surface area contributed by atoms with E-state index in [0.717, 1.165) is 6.42 Å². The molecule has 1 unspecified atom stereocenters. The molecule has 0 fully saturated rings. The summed E-state index contributed by atoms with van der Waals surface area (Å²) in [6.07, 6.45) is 22.0. The molecule has 1 radical (unpaired) electrons. The first-order valence-electron chi connectivity index (χ1n) is 9.36. The summed E-state index contributed by atoms with van der Waals surface area (Å²) in [6.45, 7) is 6.13. The summed E-state index contributed by atoms with van der Waals surface area (Å²) in [5, 5.41) is 0. The Morgan fingerprint density at radius 3 is 1.35 bits per heavy atom. The van der Waals surface area contributed by atoms with Gasteiger partial charge in [0, 0.05) is 6.04 Å². The highest BCUT2D eigenvalue weighted by atomic mass is 14.6. The summed E-state index contributed by atoms with van der Waals surface area (Å²) < 4.78 is 0. The van der Waals surface area contributed by atoms with Crippen LogP contribution in [0.3, 0.4) is 0 Å². The maximum Gasteiger partial charge on any atom is 0.00388 e. The zero-order chi connectivity index (χ0) is 14.9. The van der Waals surface area contributed by atoms with Gasteiger partial charge in [0.05, 0.1) is 0 Å². The average molecular weight is 283 g/mol. The minimum absolute atomic E-state index is 0.340. The van der Waals surface area contributed by atoms with Gasteiger partial charge in [-0.1, -0.05) is 104 Å². The monoisotopic (exact) mass is 282 g/mol. The van der Waals surface area contributed by atoms with Crippen LogP contribution in [0, 0.1) is 6.92 Å². The van der Waals surface area contributed by atoms with E-state index in [1.165, 1.54) is 96.3 Å². The average Bonchev–Trinajstić information content (AvgIpc) is 2.47. The van der Waals surface area contributed by atoms with Crippen LogP contribution in [0.2, 0.25) is 0 Å². The predicted molar refractivity (Wildman–Crippen MR) is 92.9 cm³/mol. The van der Waals surface area contributed by atoms with Gasteiger partial charge in [0.2, 0.25) is 0 Å². The summed E-state index contributed by atoms with van der Waals surface area (Å²) in [7, 11) is 0. The van der Waals surface area contributed by atoms with Gasteiger partial charge in [-0.25, -0.2) is 0 Å². The highest BCUT2D eigenvalue weighted by Gasteiger charge is 1.98. The second-order valence-corrected chi connectivity index (χ2v) is 6.43. The van der Waals surface area contributed by atoms with Crippen molar-refractivity contribution in [2.45, 2.75) is 116 Å². The van der Waals surface area contributed by atoms with Crippen LogP contribution in [0.15, 0.2) is 0 Å². The molecule has 1 heteroatoms. The van der Waals surface area contributed by atoms with Crippen LogP contribution in [0.1, 0.15) is 110 Å². The number of unbranched alkanes of at least 4 members (excludes halogenated alkanes) is 13. The molecule has 1 atom stereocenters. The molecule has 0 aliphatic carbocycles. The van der Waals surface area contributed by atoms with Crippen molar-refractivity contribution in [3.8, 4) is 0 Å². The number of rotatable bonds is 16. The highest BCUT2D eigenvalue weighted by Crippen LogP contribution is 2.13.